The standard InChI is InChI=1S/C10H6F3N3O2/c11-10(12,13)6-3-1-2-5(14-6)9-15-7(17)4-8(18)16-9/h1-3H,4H2,(H,15,16,17,18). The second kappa shape index (κ2) is 4.21. The van der Waals surface area contributed by atoms with E-state index < -0.39 is 30.1 Å². The lowest BCUT2D eigenvalue weighted by molar-refractivity contribution is -0.141. The first-order valence-electron chi connectivity index (χ1n) is 4.82. The van der Waals surface area contributed by atoms with Gasteiger partial charge in [-0.25, -0.2) is 4.98 Å². The SMILES string of the molecule is O=C1CC(=O)NC(c2cccc(C(F)(F)F)n2)=N1. The summed E-state index contributed by atoms with van der Waals surface area (Å²) in [5.41, 5.74) is -1.32. The summed E-state index contributed by atoms with van der Waals surface area (Å²) in [6.45, 7) is 0. The van der Waals surface area contributed by atoms with E-state index in [0.717, 1.165) is 12.1 Å². The predicted molar refractivity (Wildman–Crippen MR) is 53.5 cm³/mol. The molecule has 0 atom stereocenters. The molecule has 0 aliphatic carbocycles. The van der Waals surface area contributed by atoms with Crippen LogP contribution >= 0.6 is 0 Å². The Labute approximate surface area is 98.7 Å². The number of halogens is 3. The molecule has 1 aliphatic rings. The molecule has 94 valence electrons. The van der Waals surface area contributed by atoms with Gasteiger partial charge in [-0.05, 0) is 12.1 Å². The third-order valence-corrected chi connectivity index (χ3v) is 2.09. The number of nitrogens with one attached hydrogen (secondary N) is 1. The van der Waals surface area contributed by atoms with Crippen LogP contribution in [-0.4, -0.2) is 22.6 Å². The quantitative estimate of drug-likeness (QED) is 0.759. The maximum atomic E-state index is 12.4. The molecule has 1 aliphatic heterocycles. The number of pyridine rings is 1. The number of alkyl halides is 3. The monoisotopic (exact) mass is 257 g/mol. The van der Waals surface area contributed by atoms with Crippen LogP contribution in [0.5, 0.6) is 0 Å². The average Bonchev–Trinajstić information content (AvgIpc) is 2.27. The number of hydrogen-bond donors (Lipinski definition) is 1. The third-order valence-electron chi connectivity index (χ3n) is 2.09. The normalized spacial score (nSPS) is 16.3. The van der Waals surface area contributed by atoms with Crippen molar-refractivity contribution in [3.8, 4) is 0 Å². The molecule has 1 aromatic rings. The number of aliphatic imine (C=N–C) groups is 1. The number of hydrogen-bond acceptors (Lipinski definition) is 3. The molecule has 0 spiro atoms. The van der Waals surface area contributed by atoms with Gasteiger partial charge in [0.15, 0.2) is 5.84 Å². The number of nitrogens with zero attached hydrogens (tertiary/aromatic N) is 2. The highest BCUT2D eigenvalue weighted by molar-refractivity contribution is 6.18. The second-order valence-electron chi connectivity index (χ2n) is 3.48. The lowest BCUT2D eigenvalue weighted by atomic mass is 10.2. The van der Waals surface area contributed by atoms with Gasteiger partial charge in [-0.15, -0.1) is 0 Å². The molecule has 0 aromatic carbocycles. The summed E-state index contributed by atoms with van der Waals surface area (Å²) in [7, 11) is 0. The van der Waals surface area contributed by atoms with Crippen molar-refractivity contribution in [2.24, 2.45) is 4.99 Å². The molecule has 2 heterocycles. The molecule has 0 saturated carbocycles. The minimum absolute atomic E-state index is 0.203. The van der Waals surface area contributed by atoms with Crippen molar-refractivity contribution in [3.63, 3.8) is 0 Å². The molecule has 0 saturated heterocycles. The van der Waals surface area contributed by atoms with E-state index >= 15 is 0 Å². The molecule has 1 N–H and O–H groups in total. The van der Waals surface area contributed by atoms with Gasteiger partial charge in [-0.2, -0.15) is 18.2 Å². The first-order chi connectivity index (χ1) is 8.36. The van der Waals surface area contributed by atoms with Crippen LogP contribution in [0, 0.1) is 0 Å². The van der Waals surface area contributed by atoms with Gasteiger partial charge in [0.2, 0.25) is 5.91 Å². The zero-order valence-corrected chi connectivity index (χ0v) is 8.78. The first kappa shape index (κ1) is 12.2. The van der Waals surface area contributed by atoms with Gasteiger partial charge in [0.1, 0.15) is 17.8 Å². The van der Waals surface area contributed by atoms with Gasteiger partial charge >= 0.3 is 6.18 Å². The molecular weight excluding hydrogens is 251 g/mol. The molecule has 2 amide bonds. The number of aromatic nitrogens is 1. The Balaban J connectivity index is 2.40. The molecule has 2 rings (SSSR count). The van der Waals surface area contributed by atoms with Crippen molar-refractivity contribution in [1.82, 2.24) is 10.3 Å². The van der Waals surface area contributed by atoms with Gasteiger partial charge in [0, 0.05) is 0 Å². The highest BCUT2D eigenvalue weighted by Gasteiger charge is 2.33. The van der Waals surface area contributed by atoms with Crippen LogP contribution in [0.15, 0.2) is 23.2 Å². The van der Waals surface area contributed by atoms with Crippen LogP contribution in [0.1, 0.15) is 17.8 Å². The molecule has 18 heavy (non-hydrogen) atoms. The van der Waals surface area contributed by atoms with E-state index in [1.54, 1.807) is 0 Å². The van der Waals surface area contributed by atoms with Crippen LogP contribution in [0.25, 0.3) is 0 Å². The zero-order chi connectivity index (χ0) is 13.3. The Morgan fingerprint density at radius 1 is 1.22 bits per heavy atom. The Bertz CT molecular complexity index is 552. The molecular formula is C10H6F3N3O2. The Morgan fingerprint density at radius 3 is 2.56 bits per heavy atom. The maximum absolute atomic E-state index is 12.4. The third kappa shape index (κ3) is 2.53. The molecule has 0 bridgehead atoms. The number of amides is 2. The fourth-order valence-corrected chi connectivity index (χ4v) is 1.35. The molecule has 8 heteroatoms. The van der Waals surface area contributed by atoms with Crippen LogP contribution in [0.4, 0.5) is 13.2 Å². The Kier molecular flexibility index (Phi) is 2.85. The summed E-state index contributed by atoms with van der Waals surface area (Å²) in [5.74, 6) is -1.60. The van der Waals surface area contributed by atoms with Gasteiger partial charge < -0.3 is 5.32 Å². The van der Waals surface area contributed by atoms with Crippen molar-refractivity contribution in [1.29, 1.82) is 0 Å². The minimum Gasteiger partial charge on any atom is -0.308 e. The number of rotatable bonds is 1. The van der Waals surface area contributed by atoms with Crippen molar-refractivity contribution in [2.75, 3.05) is 0 Å². The second-order valence-corrected chi connectivity index (χ2v) is 3.48. The summed E-state index contributed by atoms with van der Waals surface area (Å²) in [6.07, 6.45) is -5.01. The number of carbonyl (C=O) groups excluding carboxylic acids is 2. The Hall–Kier alpha value is -2.25. The van der Waals surface area contributed by atoms with Crippen molar-refractivity contribution < 1.29 is 22.8 Å². The van der Waals surface area contributed by atoms with E-state index in [0.29, 0.717) is 0 Å². The summed E-state index contributed by atoms with van der Waals surface area (Å²) >= 11 is 0. The van der Waals surface area contributed by atoms with Crippen LogP contribution in [0.3, 0.4) is 0 Å². The lowest BCUT2D eigenvalue weighted by Gasteiger charge is -2.13. The molecule has 0 unspecified atom stereocenters. The molecule has 5 nitrogen and oxygen atoms in total. The van der Waals surface area contributed by atoms with E-state index in [4.69, 9.17) is 0 Å². The van der Waals surface area contributed by atoms with E-state index in [9.17, 15) is 22.8 Å². The smallest absolute Gasteiger partial charge is 0.308 e. The lowest BCUT2D eigenvalue weighted by Crippen LogP contribution is -2.38. The van der Waals surface area contributed by atoms with E-state index in [1.807, 2.05) is 0 Å². The summed E-state index contributed by atoms with van der Waals surface area (Å²) < 4.78 is 37.3. The number of amidine groups is 1. The van der Waals surface area contributed by atoms with Crippen molar-refractivity contribution in [2.45, 2.75) is 12.6 Å². The maximum Gasteiger partial charge on any atom is 0.433 e. The Morgan fingerprint density at radius 2 is 1.94 bits per heavy atom. The largest absolute Gasteiger partial charge is 0.433 e. The van der Waals surface area contributed by atoms with Gasteiger partial charge in [0.05, 0.1) is 0 Å². The van der Waals surface area contributed by atoms with Crippen molar-refractivity contribution in [3.05, 3.63) is 29.6 Å². The first-order valence-corrected chi connectivity index (χ1v) is 4.82. The fourth-order valence-electron chi connectivity index (χ4n) is 1.35. The van der Waals surface area contributed by atoms with Gasteiger partial charge in [-0.1, -0.05) is 6.07 Å². The highest BCUT2D eigenvalue weighted by atomic mass is 19.4. The molecule has 0 radical (unpaired) electrons. The predicted octanol–water partition coefficient (Wildman–Crippen LogP) is 0.893. The van der Waals surface area contributed by atoms with E-state index in [2.05, 4.69) is 15.3 Å². The zero-order valence-electron chi connectivity index (χ0n) is 8.78. The summed E-state index contributed by atoms with van der Waals surface area (Å²) in [4.78, 5) is 28.9. The topological polar surface area (TPSA) is 71.4 Å². The minimum atomic E-state index is -4.60. The molecule has 0 fully saturated rings. The van der Waals surface area contributed by atoms with Gasteiger partial charge in [-0.3, -0.25) is 9.59 Å². The average molecular weight is 257 g/mol. The number of carbonyl (C=O) groups is 2. The molecule has 1 aromatic heterocycles. The van der Waals surface area contributed by atoms with Crippen LogP contribution < -0.4 is 5.32 Å². The van der Waals surface area contributed by atoms with Crippen LogP contribution in [-0.2, 0) is 15.8 Å². The van der Waals surface area contributed by atoms with Gasteiger partial charge in [0.25, 0.3) is 5.91 Å². The van der Waals surface area contributed by atoms with E-state index in [-0.39, 0.29) is 11.5 Å². The summed E-state index contributed by atoms with van der Waals surface area (Å²) in [6, 6.07) is 3.14. The van der Waals surface area contributed by atoms with Crippen molar-refractivity contribution >= 4 is 17.6 Å². The highest BCUT2D eigenvalue weighted by Crippen LogP contribution is 2.27. The van der Waals surface area contributed by atoms with Crippen LogP contribution in [0.2, 0.25) is 0 Å². The summed E-state index contributed by atoms with van der Waals surface area (Å²) in [5, 5.41) is 2.20. The van der Waals surface area contributed by atoms with E-state index in [1.165, 1.54) is 6.07 Å². The fraction of sp³-hybridized carbons (Fsp3) is 0.200.